The second-order valence-electron chi connectivity index (χ2n) is 4.33. The van der Waals surface area contributed by atoms with Gasteiger partial charge in [-0.3, -0.25) is 4.79 Å². The molecule has 0 aromatic rings. The molecule has 0 unspecified atom stereocenters. The Morgan fingerprint density at radius 1 is 1.50 bits per heavy atom. The quantitative estimate of drug-likeness (QED) is 0.661. The fourth-order valence-electron chi connectivity index (χ4n) is 1.75. The Kier molecular flexibility index (Phi) is 4.39. The lowest BCUT2D eigenvalue weighted by Crippen LogP contribution is -2.28. The fraction of sp³-hybridized carbons (Fsp3) is 0.909. The second-order valence-corrected chi connectivity index (χ2v) is 4.33. The molecule has 1 aliphatic carbocycles. The molecule has 0 heterocycles. The Bertz CT molecular complexity index is 187. The number of hydrogen-bond donors (Lipinski definition) is 2. The first-order valence-corrected chi connectivity index (χ1v) is 5.56. The van der Waals surface area contributed by atoms with Gasteiger partial charge in [-0.25, -0.2) is 0 Å². The molecule has 2 N–H and O–H groups in total. The smallest absolute Gasteiger partial charge is 0.309 e. The molecule has 1 aliphatic rings. The Hall–Kier alpha value is -0.570. The lowest BCUT2D eigenvalue weighted by molar-refractivity contribution is -0.146. The van der Waals surface area contributed by atoms with E-state index in [4.69, 9.17) is 5.11 Å². The molecule has 0 spiro atoms. The highest BCUT2D eigenvalue weighted by Gasteiger charge is 2.33. The van der Waals surface area contributed by atoms with Gasteiger partial charge in [-0.15, -0.1) is 0 Å². The molecule has 0 aliphatic heterocycles. The van der Waals surface area contributed by atoms with Gasteiger partial charge in [-0.1, -0.05) is 32.6 Å². The van der Waals surface area contributed by atoms with Gasteiger partial charge in [-0.05, 0) is 18.8 Å². The largest absolute Gasteiger partial charge is 0.481 e. The molecule has 1 fully saturated rings. The fourth-order valence-corrected chi connectivity index (χ4v) is 1.75. The van der Waals surface area contributed by atoms with Gasteiger partial charge >= 0.3 is 5.97 Å². The van der Waals surface area contributed by atoms with Gasteiger partial charge in [0.2, 0.25) is 0 Å². The van der Waals surface area contributed by atoms with Crippen molar-refractivity contribution >= 4 is 5.97 Å². The summed E-state index contributed by atoms with van der Waals surface area (Å²) in [5, 5.41) is 18.7. The molecular formula is C11H20O3. The van der Waals surface area contributed by atoms with E-state index < -0.39 is 18.0 Å². The average Bonchev–Trinajstić information content (AvgIpc) is 2.93. The van der Waals surface area contributed by atoms with Crippen molar-refractivity contribution in [3.63, 3.8) is 0 Å². The number of aliphatic carboxylic acids is 1. The number of carbonyl (C=O) groups is 1. The second kappa shape index (κ2) is 5.35. The van der Waals surface area contributed by atoms with Crippen molar-refractivity contribution in [3.05, 3.63) is 0 Å². The first-order chi connectivity index (χ1) is 6.65. The maximum atomic E-state index is 10.9. The van der Waals surface area contributed by atoms with Gasteiger partial charge in [0, 0.05) is 0 Å². The predicted molar refractivity (Wildman–Crippen MR) is 54.0 cm³/mol. The zero-order valence-electron chi connectivity index (χ0n) is 8.78. The number of carboxylic acid groups (broad SMARTS) is 1. The Morgan fingerprint density at radius 2 is 2.14 bits per heavy atom. The highest BCUT2D eigenvalue weighted by molar-refractivity contribution is 5.70. The number of carboxylic acids is 1. The van der Waals surface area contributed by atoms with E-state index in [2.05, 4.69) is 0 Å². The molecule has 0 saturated heterocycles. The van der Waals surface area contributed by atoms with Crippen molar-refractivity contribution in [2.45, 2.75) is 51.6 Å². The maximum absolute atomic E-state index is 10.9. The molecule has 14 heavy (non-hydrogen) atoms. The molecule has 0 aromatic carbocycles. The summed E-state index contributed by atoms with van der Waals surface area (Å²) in [6, 6.07) is 0. The number of aliphatic hydroxyl groups is 1. The molecule has 0 bridgehead atoms. The molecular weight excluding hydrogens is 180 g/mol. The van der Waals surface area contributed by atoms with E-state index >= 15 is 0 Å². The first kappa shape index (κ1) is 11.5. The molecule has 82 valence electrons. The number of rotatable bonds is 7. The van der Waals surface area contributed by atoms with Crippen LogP contribution >= 0.6 is 0 Å². The minimum Gasteiger partial charge on any atom is -0.481 e. The molecule has 3 heteroatoms. The molecule has 1 rings (SSSR count). The average molecular weight is 200 g/mol. The summed E-state index contributed by atoms with van der Waals surface area (Å²) in [5.41, 5.74) is 0. The van der Waals surface area contributed by atoms with E-state index in [1.165, 1.54) is 0 Å². The number of unbranched alkanes of at least 4 members (excludes halogenated alkanes) is 1. The zero-order valence-corrected chi connectivity index (χ0v) is 8.78. The minimum absolute atomic E-state index is 0.533. The summed E-state index contributed by atoms with van der Waals surface area (Å²) in [4.78, 5) is 10.9. The summed E-state index contributed by atoms with van der Waals surface area (Å²) in [6.07, 6.45) is 4.85. The molecule has 0 radical (unpaired) electrons. The normalized spacial score (nSPS) is 20.4. The summed E-state index contributed by atoms with van der Waals surface area (Å²) in [5.74, 6) is -0.804. The SMILES string of the molecule is CCCC[C@@H](O)[C@@H](CC1CC1)C(=O)O. The zero-order chi connectivity index (χ0) is 10.6. The molecule has 2 atom stereocenters. The molecule has 0 aromatic heterocycles. The van der Waals surface area contributed by atoms with Crippen LogP contribution < -0.4 is 0 Å². The number of hydrogen-bond acceptors (Lipinski definition) is 2. The van der Waals surface area contributed by atoms with Crippen LogP contribution in [0.5, 0.6) is 0 Å². The summed E-state index contributed by atoms with van der Waals surface area (Å²) < 4.78 is 0. The van der Waals surface area contributed by atoms with E-state index in [0.29, 0.717) is 18.8 Å². The van der Waals surface area contributed by atoms with Crippen LogP contribution in [-0.4, -0.2) is 22.3 Å². The van der Waals surface area contributed by atoms with Crippen LogP contribution in [-0.2, 0) is 4.79 Å². The Labute approximate surface area is 85.1 Å². The summed E-state index contributed by atoms with van der Waals surface area (Å²) >= 11 is 0. The van der Waals surface area contributed by atoms with Crippen molar-refractivity contribution in [2.24, 2.45) is 11.8 Å². The van der Waals surface area contributed by atoms with Gasteiger partial charge in [-0.2, -0.15) is 0 Å². The van der Waals surface area contributed by atoms with Gasteiger partial charge < -0.3 is 10.2 Å². The summed E-state index contributed by atoms with van der Waals surface area (Å²) in [7, 11) is 0. The highest BCUT2D eigenvalue weighted by atomic mass is 16.4. The lowest BCUT2D eigenvalue weighted by atomic mass is 9.92. The third-order valence-corrected chi connectivity index (χ3v) is 2.92. The predicted octanol–water partition coefficient (Wildman–Crippen LogP) is 2.04. The van der Waals surface area contributed by atoms with E-state index in [-0.39, 0.29) is 0 Å². The van der Waals surface area contributed by atoms with Crippen molar-refractivity contribution in [3.8, 4) is 0 Å². The molecule has 3 nitrogen and oxygen atoms in total. The van der Waals surface area contributed by atoms with Crippen LogP contribution in [0.15, 0.2) is 0 Å². The van der Waals surface area contributed by atoms with Gasteiger partial charge in [0.1, 0.15) is 0 Å². The number of aliphatic hydroxyl groups excluding tert-OH is 1. The van der Waals surface area contributed by atoms with Crippen LogP contribution in [0.25, 0.3) is 0 Å². The van der Waals surface area contributed by atoms with E-state index in [1.807, 2.05) is 6.92 Å². The van der Waals surface area contributed by atoms with E-state index in [9.17, 15) is 9.90 Å². The van der Waals surface area contributed by atoms with Crippen molar-refractivity contribution in [1.29, 1.82) is 0 Å². The minimum atomic E-state index is -0.833. The van der Waals surface area contributed by atoms with Crippen LogP contribution in [0.1, 0.15) is 45.4 Å². The van der Waals surface area contributed by atoms with Crippen LogP contribution in [0.2, 0.25) is 0 Å². The van der Waals surface area contributed by atoms with E-state index in [0.717, 1.165) is 25.7 Å². The maximum Gasteiger partial charge on any atom is 0.309 e. The van der Waals surface area contributed by atoms with Gasteiger partial charge in [0.05, 0.1) is 12.0 Å². The topological polar surface area (TPSA) is 57.5 Å². The Morgan fingerprint density at radius 3 is 2.57 bits per heavy atom. The van der Waals surface area contributed by atoms with E-state index in [1.54, 1.807) is 0 Å². The standard InChI is InChI=1S/C11H20O3/c1-2-3-4-10(12)9(11(13)14)7-8-5-6-8/h8-10,12H,2-7H2,1H3,(H,13,14)/t9-,10-/m1/s1. The van der Waals surface area contributed by atoms with Crippen LogP contribution in [0.3, 0.4) is 0 Å². The summed E-state index contributed by atoms with van der Waals surface area (Å²) in [6.45, 7) is 2.05. The Balaban J connectivity index is 2.34. The third-order valence-electron chi connectivity index (χ3n) is 2.92. The third kappa shape index (κ3) is 3.66. The van der Waals surface area contributed by atoms with Gasteiger partial charge in [0.15, 0.2) is 0 Å². The highest BCUT2D eigenvalue weighted by Crippen LogP contribution is 2.36. The monoisotopic (exact) mass is 200 g/mol. The van der Waals surface area contributed by atoms with Crippen molar-refractivity contribution in [2.75, 3.05) is 0 Å². The molecule has 0 amide bonds. The van der Waals surface area contributed by atoms with Gasteiger partial charge in [0.25, 0.3) is 0 Å². The lowest BCUT2D eigenvalue weighted by Gasteiger charge is -2.18. The van der Waals surface area contributed by atoms with Crippen molar-refractivity contribution in [1.82, 2.24) is 0 Å². The van der Waals surface area contributed by atoms with Crippen LogP contribution in [0, 0.1) is 11.8 Å². The van der Waals surface area contributed by atoms with Crippen molar-refractivity contribution < 1.29 is 15.0 Å². The van der Waals surface area contributed by atoms with Crippen LogP contribution in [0.4, 0.5) is 0 Å². The molecule has 1 saturated carbocycles. The first-order valence-electron chi connectivity index (χ1n) is 5.56.